The number of carbonyl (C=O) groups is 2. The number of carboxylic acids is 1. The van der Waals surface area contributed by atoms with Crippen molar-refractivity contribution in [2.24, 2.45) is 0 Å². The summed E-state index contributed by atoms with van der Waals surface area (Å²) in [5.41, 5.74) is 7.49. The molecule has 0 saturated heterocycles. The van der Waals surface area contributed by atoms with Gasteiger partial charge in [0.15, 0.2) is 0 Å². The van der Waals surface area contributed by atoms with Gasteiger partial charge in [0.2, 0.25) is 0 Å². The quantitative estimate of drug-likeness (QED) is 0.691. The number of hydrogen-bond donors (Lipinski definition) is 3. The maximum Gasteiger partial charge on any atom is 0.326 e. The zero-order valence-corrected chi connectivity index (χ0v) is 10.6. The highest BCUT2D eigenvalue weighted by molar-refractivity contribution is 5.97. The lowest BCUT2D eigenvalue weighted by atomic mass is 10.1. The van der Waals surface area contributed by atoms with Crippen molar-refractivity contribution in [3.63, 3.8) is 0 Å². The molecule has 0 spiro atoms. The highest BCUT2D eigenvalue weighted by atomic mass is 16.4. The first-order chi connectivity index (χ1) is 8.45. The lowest BCUT2D eigenvalue weighted by Gasteiger charge is -2.14. The van der Waals surface area contributed by atoms with Crippen molar-refractivity contribution < 1.29 is 14.7 Å². The number of aryl methyl sites for hydroxylation is 1. The van der Waals surface area contributed by atoms with E-state index in [0.717, 1.165) is 5.56 Å². The lowest BCUT2D eigenvalue weighted by molar-refractivity contribution is -0.139. The minimum absolute atomic E-state index is 0.375. The van der Waals surface area contributed by atoms with Crippen molar-refractivity contribution in [2.45, 2.75) is 32.7 Å². The Morgan fingerprint density at radius 2 is 2.11 bits per heavy atom. The van der Waals surface area contributed by atoms with Crippen LogP contribution in [0.3, 0.4) is 0 Å². The third-order valence-electron chi connectivity index (χ3n) is 2.72. The number of aliphatic carboxylic acids is 1. The standard InChI is InChI=1S/C13H18N2O3/c1-3-4-11(13(17)18)15-12(16)9-6-5-8(2)10(14)7-9/h5-7,11H,3-4,14H2,1-2H3,(H,15,16)(H,17,18). The molecule has 0 aromatic heterocycles. The van der Waals surface area contributed by atoms with Crippen LogP contribution in [-0.2, 0) is 4.79 Å². The van der Waals surface area contributed by atoms with E-state index in [1.54, 1.807) is 18.2 Å². The molecule has 1 aromatic rings. The number of nitrogens with two attached hydrogens (primary N) is 1. The molecule has 0 fully saturated rings. The van der Waals surface area contributed by atoms with Crippen LogP contribution >= 0.6 is 0 Å². The van der Waals surface area contributed by atoms with Crippen molar-refractivity contribution in [1.29, 1.82) is 0 Å². The van der Waals surface area contributed by atoms with Gasteiger partial charge in [0.1, 0.15) is 6.04 Å². The second-order valence-corrected chi connectivity index (χ2v) is 4.22. The van der Waals surface area contributed by atoms with Crippen LogP contribution in [0.25, 0.3) is 0 Å². The molecule has 18 heavy (non-hydrogen) atoms. The fraction of sp³-hybridized carbons (Fsp3) is 0.385. The highest BCUT2D eigenvalue weighted by Gasteiger charge is 2.19. The molecular weight excluding hydrogens is 232 g/mol. The van der Waals surface area contributed by atoms with Crippen LogP contribution in [0.4, 0.5) is 5.69 Å². The van der Waals surface area contributed by atoms with Crippen molar-refractivity contribution in [3.05, 3.63) is 29.3 Å². The number of amides is 1. The Kier molecular flexibility index (Phi) is 4.71. The van der Waals surface area contributed by atoms with Gasteiger partial charge in [-0.2, -0.15) is 0 Å². The minimum atomic E-state index is -1.02. The largest absolute Gasteiger partial charge is 0.480 e. The molecule has 1 atom stereocenters. The van der Waals surface area contributed by atoms with E-state index in [0.29, 0.717) is 24.1 Å². The van der Waals surface area contributed by atoms with Gasteiger partial charge in [-0.05, 0) is 31.0 Å². The first-order valence-electron chi connectivity index (χ1n) is 5.85. The van der Waals surface area contributed by atoms with Gasteiger partial charge in [-0.15, -0.1) is 0 Å². The van der Waals surface area contributed by atoms with Crippen molar-refractivity contribution in [3.8, 4) is 0 Å². The Hall–Kier alpha value is -2.04. The molecule has 0 radical (unpaired) electrons. The van der Waals surface area contributed by atoms with Crippen LogP contribution in [0.1, 0.15) is 35.7 Å². The molecule has 1 aromatic carbocycles. The lowest BCUT2D eigenvalue weighted by Crippen LogP contribution is -2.40. The topological polar surface area (TPSA) is 92.4 Å². The Bertz CT molecular complexity index is 458. The molecule has 5 heteroatoms. The molecule has 5 nitrogen and oxygen atoms in total. The van der Waals surface area contributed by atoms with Gasteiger partial charge in [-0.3, -0.25) is 4.79 Å². The van der Waals surface area contributed by atoms with Crippen LogP contribution in [0.2, 0.25) is 0 Å². The van der Waals surface area contributed by atoms with Crippen LogP contribution < -0.4 is 11.1 Å². The maximum atomic E-state index is 11.9. The van der Waals surface area contributed by atoms with Gasteiger partial charge >= 0.3 is 5.97 Å². The predicted octanol–water partition coefficient (Wildman–Crippen LogP) is 1.56. The van der Waals surface area contributed by atoms with E-state index in [-0.39, 0.29) is 0 Å². The van der Waals surface area contributed by atoms with Gasteiger partial charge in [0, 0.05) is 11.3 Å². The molecule has 0 aliphatic carbocycles. The van der Waals surface area contributed by atoms with Crippen LogP contribution in [0.5, 0.6) is 0 Å². The summed E-state index contributed by atoms with van der Waals surface area (Å²) in [6.07, 6.45) is 1.09. The molecule has 4 N–H and O–H groups in total. The van der Waals surface area contributed by atoms with Gasteiger partial charge in [0.25, 0.3) is 5.91 Å². The first kappa shape index (κ1) is 14.0. The molecule has 0 bridgehead atoms. The van der Waals surface area contributed by atoms with E-state index >= 15 is 0 Å². The first-order valence-corrected chi connectivity index (χ1v) is 5.85. The van der Waals surface area contributed by atoms with E-state index < -0.39 is 17.9 Å². The molecule has 0 aliphatic heterocycles. The monoisotopic (exact) mass is 250 g/mol. The van der Waals surface area contributed by atoms with Crippen molar-refractivity contribution in [1.82, 2.24) is 5.32 Å². The third-order valence-corrected chi connectivity index (χ3v) is 2.72. The van der Waals surface area contributed by atoms with Crippen molar-refractivity contribution >= 4 is 17.6 Å². The molecule has 1 amide bonds. The number of benzene rings is 1. The maximum absolute atomic E-state index is 11.9. The SMILES string of the molecule is CCCC(NC(=O)c1ccc(C)c(N)c1)C(=O)O. The van der Waals surface area contributed by atoms with Gasteiger partial charge in [0.05, 0.1) is 0 Å². The molecule has 98 valence electrons. The third kappa shape index (κ3) is 3.48. The van der Waals surface area contributed by atoms with Crippen LogP contribution in [0.15, 0.2) is 18.2 Å². The summed E-state index contributed by atoms with van der Waals surface area (Å²) < 4.78 is 0. The number of hydrogen-bond acceptors (Lipinski definition) is 3. The average Bonchev–Trinajstić information content (AvgIpc) is 2.31. The summed E-state index contributed by atoms with van der Waals surface area (Å²) in [6, 6.07) is 4.06. The van der Waals surface area contributed by atoms with Crippen LogP contribution in [0, 0.1) is 6.92 Å². The van der Waals surface area contributed by atoms with Crippen molar-refractivity contribution in [2.75, 3.05) is 5.73 Å². The molecule has 0 heterocycles. The molecule has 0 saturated carbocycles. The molecular formula is C13H18N2O3. The Balaban J connectivity index is 2.80. The van der Waals surface area contributed by atoms with E-state index in [1.165, 1.54) is 0 Å². The minimum Gasteiger partial charge on any atom is -0.480 e. The normalized spacial score (nSPS) is 11.9. The smallest absolute Gasteiger partial charge is 0.326 e. The Morgan fingerprint density at radius 3 is 2.61 bits per heavy atom. The zero-order chi connectivity index (χ0) is 13.7. The number of rotatable bonds is 5. The van der Waals surface area contributed by atoms with E-state index in [4.69, 9.17) is 10.8 Å². The summed E-state index contributed by atoms with van der Waals surface area (Å²) in [5.74, 6) is -1.44. The fourth-order valence-electron chi connectivity index (χ4n) is 1.57. The molecule has 1 unspecified atom stereocenters. The summed E-state index contributed by atoms with van der Waals surface area (Å²) in [7, 11) is 0. The van der Waals surface area contributed by atoms with Gasteiger partial charge in [-0.1, -0.05) is 19.4 Å². The highest BCUT2D eigenvalue weighted by Crippen LogP contribution is 2.13. The summed E-state index contributed by atoms with van der Waals surface area (Å²) >= 11 is 0. The van der Waals surface area contributed by atoms with E-state index in [1.807, 2.05) is 13.8 Å². The summed E-state index contributed by atoms with van der Waals surface area (Å²) in [6.45, 7) is 3.71. The summed E-state index contributed by atoms with van der Waals surface area (Å²) in [4.78, 5) is 22.8. The average molecular weight is 250 g/mol. The fourth-order valence-corrected chi connectivity index (χ4v) is 1.57. The van der Waals surface area contributed by atoms with E-state index in [9.17, 15) is 9.59 Å². The second-order valence-electron chi connectivity index (χ2n) is 4.22. The summed E-state index contributed by atoms with van der Waals surface area (Å²) in [5, 5.41) is 11.4. The number of nitrogen functional groups attached to an aromatic ring is 1. The van der Waals surface area contributed by atoms with Gasteiger partial charge in [-0.25, -0.2) is 4.79 Å². The van der Waals surface area contributed by atoms with E-state index in [2.05, 4.69) is 5.32 Å². The predicted molar refractivity (Wildman–Crippen MR) is 69.4 cm³/mol. The second kappa shape index (κ2) is 6.05. The molecule has 0 aliphatic rings. The Morgan fingerprint density at radius 1 is 1.44 bits per heavy atom. The molecule has 1 rings (SSSR count). The van der Waals surface area contributed by atoms with Gasteiger partial charge < -0.3 is 16.2 Å². The number of anilines is 1. The Labute approximate surface area is 106 Å². The number of carbonyl (C=O) groups excluding carboxylic acids is 1. The number of carboxylic acid groups (broad SMARTS) is 1. The zero-order valence-electron chi connectivity index (χ0n) is 10.6. The number of nitrogens with one attached hydrogen (secondary N) is 1. The van der Waals surface area contributed by atoms with Crippen LogP contribution in [-0.4, -0.2) is 23.0 Å².